The number of fused-ring (bicyclic) bond motifs is 5. The van der Waals surface area contributed by atoms with E-state index in [1.54, 1.807) is 24.7 Å². The minimum absolute atomic E-state index is 0.179. The summed E-state index contributed by atoms with van der Waals surface area (Å²) in [6, 6.07) is 30.2. The van der Waals surface area contributed by atoms with E-state index in [0.717, 1.165) is 55.6 Å². The van der Waals surface area contributed by atoms with Crippen LogP contribution in [0.2, 0.25) is 0 Å². The monoisotopic (exact) mass is 655 g/mol. The van der Waals surface area contributed by atoms with Gasteiger partial charge in [-0.2, -0.15) is 0 Å². The van der Waals surface area contributed by atoms with Gasteiger partial charge in [0.25, 0.3) is 11.8 Å². The maximum atomic E-state index is 8.37. The Hall–Kier alpha value is -6.73. The Balaban J connectivity index is 0.971. The third kappa shape index (κ3) is 4.55. The van der Waals surface area contributed by atoms with Gasteiger partial charge in [0.2, 0.25) is 0 Å². The van der Waals surface area contributed by atoms with Crippen LogP contribution in [0.3, 0.4) is 0 Å². The zero-order chi connectivity index (χ0) is 37.5. The molecule has 0 saturated heterocycles. The number of hydrogen-bond acceptors (Lipinski definition) is 6. The molecule has 0 spiro atoms. The lowest BCUT2D eigenvalue weighted by molar-refractivity contribution is 0.254. The summed E-state index contributed by atoms with van der Waals surface area (Å²) in [7, 11) is 0. The van der Waals surface area contributed by atoms with Crippen LogP contribution >= 0.6 is 0 Å². The zero-order valence-corrected chi connectivity index (χ0v) is 26.8. The summed E-state index contributed by atoms with van der Waals surface area (Å²) in [5, 5.41) is 2.17. The van der Waals surface area contributed by atoms with Crippen LogP contribution < -0.4 is 4.74 Å². The summed E-state index contributed by atoms with van der Waals surface area (Å²) >= 11 is 0. The Labute approximate surface area is 295 Å². The Morgan fingerprint density at radius 2 is 1.54 bits per heavy atom. The largest absolute Gasteiger partial charge is 0.457 e. The lowest BCUT2D eigenvalue weighted by Crippen LogP contribution is -2.20. The van der Waals surface area contributed by atoms with Crippen LogP contribution in [-0.4, -0.2) is 26.0 Å². The highest BCUT2D eigenvalue weighted by Gasteiger charge is 2.39. The molecule has 0 radical (unpaired) electrons. The van der Waals surface area contributed by atoms with Gasteiger partial charge in [-0.1, -0.05) is 84.8 Å². The molecule has 5 aromatic carbocycles. The van der Waals surface area contributed by atoms with E-state index in [2.05, 4.69) is 33.7 Å². The van der Waals surface area contributed by atoms with Crippen molar-refractivity contribution in [2.75, 3.05) is 6.67 Å². The smallest absolute Gasteiger partial charge is 0.263 e. The minimum atomic E-state index is -0.406. The minimum Gasteiger partial charge on any atom is -0.457 e. The molecule has 240 valence electrons. The Kier molecular flexibility index (Phi) is 5.27. The van der Waals surface area contributed by atoms with E-state index < -0.39 is 6.04 Å². The summed E-state index contributed by atoms with van der Waals surface area (Å²) in [6.45, 7) is 2.64. The highest BCUT2D eigenvalue weighted by molar-refractivity contribution is 6.09. The topological polar surface area (TPSA) is 52.0 Å². The van der Waals surface area contributed by atoms with E-state index in [9.17, 15) is 0 Å². The number of ether oxygens (including phenoxy) is 3. The summed E-state index contributed by atoms with van der Waals surface area (Å²) in [4.78, 5) is 9.03. The molecule has 0 bridgehead atoms. The second-order valence-electron chi connectivity index (χ2n) is 12.3. The van der Waals surface area contributed by atoms with Gasteiger partial charge in [0.05, 0.1) is 23.6 Å². The molecule has 2 aromatic heterocycles. The van der Waals surface area contributed by atoms with E-state index in [4.69, 9.17) is 26.0 Å². The fourth-order valence-corrected chi connectivity index (χ4v) is 6.91. The average Bonchev–Trinajstić information content (AvgIpc) is 3.98. The van der Waals surface area contributed by atoms with Crippen molar-refractivity contribution in [1.82, 2.24) is 19.4 Å². The molecule has 0 aliphatic carbocycles. The van der Waals surface area contributed by atoms with E-state index >= 15 is 0 Å². The summed E-state index contributed by atoms with van der Waals surface area (Å²) in [6.07, 6.45) is 7.13. The van der Waals surface area contributed by atoms with Crippen molar-refractivity contribution in [1.29, 1.82) is 0 Å². The molecule has 10 rings (SSSR count). The Bertz CT molecular complexity index is 2840. The van der Waals surface area contributed by atoms with Crippen molar-refractivity contribution in [3.8, 4) is 39.6 Å². The van der Waals surface area contributed by atoms with Gasteiger partial charge in [-0.15, -0.1) is 0 Å². The molecule has 0 unspecified atom stereocenters. The molecule has 0 amide bonds. The van der Waals surface area contributed by atoms with E-state index in [-0.39, 0.29) is 29.7 Å². The fraction of sp³-hybridized carbons (Fsp3) is 0.0465. The van der Waals surface area contributed by atoms with Crippen molar-refractivity contribution in [2.24, 2.45) is 0 Å². The number of aryl methyl sites for hydroxylation is 1. The first-order valence-electron chi connectivity index (χ1n) is 18.7. The maximum absolute atomic E-state index is 8.37. The normalized spacial score (nSPS) is 16.0. The number of para-hydroxylation sites is 1. The molecule has 7 nitrogen and oxygen atoms in total. The SMILES string of the molecule is [2H]c1c([2H])c([2H])c(-c2ccc(-c3cnc(-n4c5ccccc5c5ccc(Oc6cccc(C7=COC8=C9OC=CN9CN78)c6)cc54)cc3C)cc2)c([2H])c1[2H]. The van der Waals surface area contributed by atoms with Crippen LogP contribution in [0, 0.1) is 6.92 Å². The van der Waals surface area contributed by atoms with Gasteiger partial charge in [0, 0.05) is 40.4 Å². The van der Waals surface area contributed by atoms with E-state index in [1.807, 2.05) is 84.9 Å². The molecule has 0 atom stereocenters. The molecule has 50 heavy (non-hydrogen) atoms. The Morgan fingerprint density at radius 3 is 2.42 bits per heavy atom. The quantitative estimate of drug-likeness (QED) is 0.178. The second-order valence-corrected chi connectivity index (χ2v) is 12.3. The van der Waals surface area contributed by atoms with E-state index in [0.29, 0.717) is 35.5 Å². The molecular formula is C43H30N4O3. The van der Waals surface area contributed by atoms with Gasteiger partial charge in [-0.05, 0) is 65.6 Å². The molecule has 3 aliphatic rings. The van der Waals surface area contributed by atoms with Crippen LogP contribution in [0.5, 0.6) is 11.5 Å². The van der Waals surface area contributed by atoms with Gasteiger partial charge in [-0.25, -0.2) is 4.98 Å². The fourth-order valence-electron chi connectivity index (χ4n) is 6.91. The number of benzene rings is 5. The lowest BCUT2D eigenvalue weighted by Gasteiger charge is -2.17. The first-order valence-corrected chi connectivity index (χ1v) is 16.2. The lowest BCUT2D eigenvalue weighted by atomic mass is 9.99. The maximum Gasteiger partial charge on any atom is 0.263 e. The van der Waals surface area contributed by atoms with Gasteiger partial charge in [0.15, 0.2) is 0 Å². The predicted molar refractivity (Wildman–Crippen MR) is 196 cm³/mol. The summed E-state index contributed by atoms with van der Waals surface area (Å²) in [5.74, 6) is 3.48. The van der Waals surface area contributed by atoms with Gasteiger partial charge in [0.1, 0.15) is 36.5 Å². The number of rotatable bonds is 6. The average molecular weight is 656 g/mol. The van der Waals surface area contributed by atoms with Gasteiger partial charge in [-0.3, -0.25) is 14.4 Å². The first-order chi connectivity index (χ1) is 26.7. The summed E-state index contributed by atoms with van der Waals surface area (Å²) in [5.41, 5.74) is 7.39. The zero-order valence-electron chi connectivity index (χ0n) is 31.8. The molecule has 0 N–H and O–H groups in total. The molecule has 3 aliphatic heterocycles. The molecule has 7 aromatic rings. The van der Waals surface area contributed by atoms with Gasteiger partial charge < -0.3 is 14.2 Å². The molecule has 0 fully saturated rings. The third-order valence-corrected chi connectivity index (χ3v) is 9.30. The van der Waals surface area contributed by atoms with Crippen LogP contribution in [0.15, 0.2) is 164 Å². The van der Waals surface area contributed by atoms with Crippen molar-refractivity contribution in [3.05, 3.63) is 175 Å². The Morgan fingerprint density at radius 1 is 0.720 bits per heavy atom. The molecule has 7 heteroatoms. The van der Waals surface area contributed by atoms with E-state index in [1.165, 1.54) is 0 Å². The van der Waals surface area contributed by atoms with Crippen LogP contribution in [0.4, 0.5) is 0 Å². The molecule has 5 heterocycles. The number of aromatic nitrogens is 2. The van der Waals surface area contributed by atoms with Gasteiger partial charge >= 0.3 is 0 Å². The third-order valence-electron chi connectivity index (χ3n) is 9.30. The number of hydrogen-bond donors (Lipinski definition) is 0. The van der Waals surface area contributed by atoms with Crippen LogP contribution in [0.1, 0.15) is 18.0 Å². The summed E-state index contributed by atoms with van der Waals surface area (Å²) < 4.78 is 61.0. The highest BCUT2D eigenvalue weighted by Crippen LogP contribution is 2.41. The number of nitrogens with zero attached hydrogens (tertiary/aromatic N) is 4. The van der Waals surface area contributed by atoms with Crippen molar-refractivity contribution in [2.45, 2.75) is 6.92 Å². The highest BCUT2D eigenvalue weighted by atomic mass is 16.5. The van der Waals surface area contributed by atoms with Crippen LogP contribution in [-0.2, 0) is 9.47 Å². The van der Waals surface area contributed by atoms with Crippen molar-refractivity contribution >= 4 is 27.5 Å². The standard InChI is InChI=1S/C43H30N4O3/c1-28-22-41(44-25-37(28)31-16-14-30(15-17-31)29-8-3-2-4-9-29)47-38-13-6-5-12-35(38)36-19-18-34(24-39(36)47)50-33-11-7-10-32(23-33)40-26-49-43-42-45(20-21-48-42)27-46(40)43/h2-26H,27H2,1H3/i2D,3D,4D,8D,9D. The predicted octanol–water partition coefficient (Wildman–Crippen LogP) is 10.1. The van der Waals surface area contributed by atoms with Crippen molar-refractivity contribution in [3.63, 3.8) is 0 Å². The molecule has 0 saturated carbocycles. The second kappa shape index (κ2) is 11.2. The number of pyridine rings is 1. The first kappa shape index (κ1) is 23.6. The van der Waals surface area contributed by atoms with Crippen molar-refractivity contribution < 1.29 is 21.1 Å². The van der Waals surface area contributed by atoms with Crippen LogP contribution in [0.25, 0.3) is 55.6 Å². The molecular weight excluding hydrogens is 620 g/mol.